The lowest BCUT2D eigenvalue weighted by Gasteiger charge is -2.25. The largest absolute Gasteiger partial charge is 0.373 e. The van der Waals surface area contributed by atoms with E-state index in [1.54, 1.807) is 0 Å². The van der Waals surface area contributed by atoms with Crippen molar-refractivity contribution in [3.8, 4) is 12.3 Å². The molecule has 3 fully saturated rings. The zero-order chi connectivity index (χ0) is 13.9. The Kier molecular flexibility index (Phi) is 4.13. The lowest BCUT2D eigenvalue weighted by Crippen LogP contribution is -2.52. The third-order valence-electron chi connectivity index (χ3n) is 4.48. The molecule has 2 aliphatic heterocycles. The summed E-state index contributed by atoms with van der Waals surface area (Å²) in [6.45, 7) is 0.676. The summed E-state index contributed by atoms with van der Waals surface area (Å²) in [5.41, 5.74) is 0. The van der Waals surface area contributed by atoms with E-state index >= 15 is 0 Å². The second kappa shape index (κ2) is 6.02. The van der Waals surface area contributed by atoms with Crippen LogP contribution in [0.25, 0.3) is 0 Å². The first-order chi connectivity index (χ1) is 9.78. The standard InChI is InChI=1S/C15H22N2O3/c1-2-11-13(14-12(20-11)8-9-19-14)17-15(18)16-10-6-4-3-5-7-10/h1,10-14H,3-9H2,(H2,16,17,18)/t11?,12-,13+,14+/m1/s1. The van der Waals surface area contributed by atoms with Crippen molar-refractivity contribution in [1.29, 1.82) is 0 Å². The van der Waals surface area contributed by atoms with Gasteiger partial charge in [-0.2, -0.15) is 0 Å². The number of hydrogen-bond donors (Lipinski definition) is 2. The van der Waals surface area contributed by atoms with Gasteiger partial charge in [-0.25, -0.2) is 4.79 Å². The summed E-state index contributed by atoms with van der Waals surface area (Å²) >= 11 is 0. The molecule has 5 heteroatoms. The highest BCUT2D eigenvalue weighted by Crippen LogP contribution is 2.30. The van der Waals surface area contributed by atoms with Gasteiger partial charge in [0.15, 0.2) is 0 Å². The van der Waals surface area contributed by atoms with E-state index < -0.39 is 0 Å². The van der Waals surface area contributed by atoms with Crippen molar-refractivity contribution in [2.45, 2.75) is 68.9 Å². The number of ether oxygens (including phenoxy) is 2. The average molecular weight is 278 g/mol. The Morgan fingerprint density at radius 3 is 2.70 bits per heavy atom. The van der Waals surface area contributed by atoms with E-state index in [0.29, 0.717) is 6.61 Å². The van der Waals surface area contributed by atoms with Gasteiger partial charge in [-0.15, -0.1) is 6.42 Å². The molecule has 5 nitrogen and oxygen atoms in total. The lowest BCUT2D eigenvalue weighted by atomic mass is 9.96. The van der Waals surface area contributed by atoms with Gasteiger partial charge in [0.05, 0.1) is 12.1 Å². The topological polar surface area (TPSA) is 59.6 Å². The van der Waals surface area contributed by atoms with Crippen LogP contribution in [-0.2, 0) is 9.47 Å². The van der Waals surface area contributed by atoms with E-state index in [9.17, 15) is 4.79 Å². The number of amides is 2. The quantitative estimate of drug-likeness (QED) is 0.746. The van der Waals surface area contributed by atoms with Gasteiger partial charge in [-0.3, -0.25) is 0 Å². The Bertz CT molecular complexity index is 400. The number of urea groups is 1. The summed E-state index contributed by atoms with van der Waals surface area (Å²) in [7, 11) is 0. The van der Waals surface area contributed by atoms with Crippen molar-refractivity contribution in [2.75, 3.05) is 6.61 Å². The van der Waals surface area contributed by atoms with Crippen LogP contribution in [0.3, 0.4) is 0 Å². The summed E-state index contributed by atoms with van der Waals surface area (Å²) in [6.07, 6.45) is 11.7. The maximum Gasteiger partial charge on any atom is 0.315 e. The molecule has 2 heterocycles. The normalized spacial score (nSPS) is 37.1. The summed E-state index contributed by atoms with van der Waals surface area (Å²) in [6, 6.07) is -0.103. The van der Waals surface area contributed by atoms with Crippen molar-refractivity contribution in [2.24, 2.45) is 0 Å². The molecule has 0 radical (unpaired) electrons. The van der Waals surface area contributed by atoms with Gasteiger partial charge in [-0.05, 0) is 19.3 Å². The highest BCUT2D eigenvalue weighted by Gasteiger charge is 2.48. The molecule has 0 aromatic rings. The third-order valence-corrected chi connectivity index (χ3v) is 4.48. The average Bonchev–Trinajstić information content (AvgIpc) is 3.02. The van der Waals surface area contributed by atoms with Crippen LogP contribution in [-0.4, -0.2) is 43.0 Å². The number of carbonyl (C=O) groups excluding carboxylic acids is 1. The summed E-state index contributed by atoms with van der Waals surface area (Å²) in [5.74, 6) is 2.61. The Morgan fingerprint density at radius 2 is 1.95 bits per heavy atom. The molecule has 0 aromatic heterocycles. The molecule has 2 N–H and O–H groups in total. The van der Waals surface area contributed by atoms with Crippen LogP contribution in [0.1, 0.15) is 38.5 Å². The first kappa shape index (κ1) is 13.7. The number of terminal acetylenes is 1. The Labute approximate surface area is 119 Å². The van der Waals surface area contributed by atoms with E-state index in [2.05, 4.69) is 16.6 Å². The van der Waals surface area contributed by atoms with Gasteiger partial charge in [0.25, 0.3) is 0 Å². The van der Waals surface area contributed by atoms with E-state index in [4.69, 9.17) is 15.9 Å². The molecule has 3 rings (SSSR count). The number of hydrogen-bond acceptors (Lipinski definition) is 3. The van der Waals surface area contributed by atoms with Gasteiger partial charge in [0.1, 0.15) is 12.2 Å². The molecule has 4 atom stereocenters. The molecule has 2 saturated heterocycles. The summed E-state index contributed by atoms with van der Waals surface area (Å²) in [4.78, 5) is 12.1. The lowest BCUT2D eigenvalue weighted by molar-refractivity contribution is 0.0589. The van der Waals surface area contributed by atoms with Crippen LogP contribution in [0.5, 0.6) is 0 Å². The fraction of sp³-hybridized carbons (Fsp3) is 0.800. The van der Waals surface area contributed by atoms with E-state index in [1.807, 2.05) is 0 Å². The monoisotopic (exact) mass is 278 g/mol. The predicted octanol–water partition coefficient (Wildman–Crippen LogP) is 1.18. The molecule has 1 saturated carbocycles. The Hall–Kier alpha value is -1.25. The number of nitrogens with one attached hydrogen (secondary N) is 2. The van der Waals surface area contributed by atoms with Crippen LogP contribution in [0, 0.1) is 12.3 Å². The zero-order valence-electron chi connectivity index (χ0n) is 11.6. The molecular formula is C15H22N2O3. The van der Waals surface area contributed by atoms with Gasteiger partial charge in [-0.1, -0.05) is 25.2 Å². The molecule has 3 aliphatic rings. The molecule has 1 aliphatic carbocycles. The highest BCUT2D eigenvalue weighted by atomic mass is 16.6. The van der Waals surface area contributed by atoms with E-state index in [0.717, 1.165) is 19.3 Å². The van der Waals surface area contributed by atoms with Gasteiger partial charge in [0, 0.05) is 12.6 Å². The summed E-state index contributed by atoms with van der Waals surface area (Å²) < 4.78 is 11.4. The maximum absolute atomic E-state index is 12.1. The van der Waals surface area contributed by atoms with Crippen molar-refractivity contribution in [1.82, 2.24) is 10.6 Å². The molecule has 1 unspecified atom stereocenters. The van der Waals surface area contributed by atoms with Crippen LogP contribution in [0.15, 0.2) is 0 Å². The smallest absolute Gasteiger partial charge is 0.315 e. The molecular weight excluding hydrogens is 256 g/mol. The second-order valence-corrected chi connectivity index (χ2v) is 5.86. The van der Waals surface area contributed by atoms with Crippen LogP contribution < -0.4 is 10.6 Å². The molecule has 20 heavy (non-hydrogen) atoms. The molecule has 110 valence electrons. The van der Waals surface area contributed by atoms with Crippen LogP contribution in [0.2, 0.25) is 0 Å². The van der Waals surface area contributed by atoms with Crippen molar-refractivity contribution in [3.05, 3.63) is 0 Å². The van der Waals surface area contributed by atoms with E-state index in [-0.39, 0.29) is 36.4 Å². The Balaban J connectivity index is 1.55. The minimum Gasteiger partial charge on any atom is -0.373 e. The predicted molar refractivity (Wildman–Crippen MR) is 74.2 cm³/mol. The minimum absolute atomic E-state index is 0.0241. The molecule has 2 amide bonds. The Morgan fingerprint density at radius 1 is 1.15 bits per heavy atom. The van der Waals surface area contributed by atoms with Gasteiger partial charge < -0.3 is 20.1 Å². The number of fused-ring (bicyclic) bond motifs is 1. The van der Waals surface area contributed by atoms with Gasteiger partial charge in [0.2, 0.25) is 0 Å². The third kappa shape index (κ3) is 2.77. The second-order valence-electron chi connectivity index (χ2n) is 5.86. The van der Waals surface area contributed by atoms with Crippen LogP contribution >= 0.6 is 0 Å². The first-order valence-corrected chi connectivity index (χ1v) is 7.58. The van der Waals surface area contributed by atoms with Crippen molar-refractivity contribution < 1.29 is 14.3 Å². The van der Waals surface area contributed by atoms with E-state index in [1.165, 1.54) is 19.3 Å². The minimum atomic E-state index is -0.387. The first-order valence-electron chi connectivity index (χ1n) is 7.58. The summed E-state index contributed by atoms with van der Waals surface area (Å²) in [5, 5.41) is 6.00. The van der Waals surface area contributed by atoms with Crippen molar-refractivity contribution in [3.63, 3.8) is 0 Å². The molecule has 0 aromatic carbocycles. The molecule has 0 bridgehead atoms. The molecule has 0 spiro atoms. The van der Waals surface area contributed by atoms with Crippen molar-refractivity contribution >= 4 is 6.03 Å². The highest BCUT2D eigenvalue weighted by molar-refractivity contribution is 5.75. The van der Waals surface area contributed by atoms with Gasteiger partial charge >= 0.3 is 6.03 Å². The number of rotatable bonds is 2. The number of carbonyl (C=O) groups is 1. The fourth-order valence-electron chi connectivity index (χ4n) is 3.44. The van der Waals surface area contributed by atoms with Crippen LogP contribution in [0.4, 0.5) is 4.79 Å². The SMILES string of the molecule is C#CC1O[C@@H]2CCO[C@@H]2[C@H]1NC(=O)NC1CCCCC1. The fourth-order valence-corrected chi connectivity index (χ4v) is 3.44. The zero-order valence-corrected chi connectivity index (χ0v) is 11.6. The maximum atomic E-state index is 12.1.